The molecule has 5 atom stereocenters. The second-order valence-electron chi connectivity index (χ2n) is 10.9. The summed E-state index contributed by atoms with van der Waals surface area (Å²) in [4.78, 5) is 41.3. The zero-order valence-corrected chi connectivity index (χ0v) is 27.3. The standard InChI is InChI=1S/C26H32BBrClN3O9S/c1-13(33)36-12-18-21(37-14(2)34)20(32-11-16(9-31-32)27-40-25(4,5)26(6,7)41-27)22(38-15(3)35)24(39-18)42-19-8-17(29)10-30-23(19)28/h8-11,18,20-22,24H,12H2,1-7H3/t18?,20?,21-,22?,24+/m0/s1. The number of nitrogens with zero attached hydrogens (tertiary/aromatic N) is 3. The molecule has 2 aliphatic rings. The molecule has 0 aromatic carbocycles. The second kappa shape index (κ2) is 12.8. The lowest BCUT2D eigenvalue weighted by Gasteiger charge is -2.45. The van der Waals surface area contributed by atoms with Gasteiger partial charge in [0.2, 0.25) is 0 Å². The molecule has 2 fully saturated rings. The molecule has 2 aliphatic heterocycles. The number of esters is 3. The van der Waals surface area contributed by atoms with E-state index in [-0.39, 0.29) is 6.61 Å². The van der Waals surface area contributed by atoms with Gasteiger partial charge >= 0.3 is 25.0 Å². The number of ether oxygens (including phenoxy) is 4. The zero-order valence-electron chi connectivity index (χ0n) is 24.2. The van der Waals surface area contributed by atoms with Crippen molar-refractivity contribution in [1.82, 2.24) is 14.8 Å². The van der Waals surface area contributed by atoms with Gasteiger partial charge in [0.25, 0.3) is 0 Å². The number of aromatic nitrogens is 3. The molecule has 2 aromatic rings. The lowest BCUT2D eigenvalue weighted by Crippen LogP contribution is -2.57. The van der Waals surface area contributed by atoms with E-state index in [1.54, 1.807) is 18.5 Å². The normalized spacial score (nSPS) is 26.5. The Morgan fingerprint density at radius 1 is 1.05 bits per heavy atom. The first kappa shape index (κ1) is 32.7. The van der Waals surface area contributed by atoms with Crippen LogP contribution < -0.4 is 5.46 Å². The number of hydrogen-bond acceptors (Lipinski definition) is 12. The van der Waals surface area contributed by atoms with Crippen LogP contribution in [-0.4, -0.2) is 81.3 Å². The minimum Gasteiger partial charge on any atom is -0.463 e. The van der Waals surface area contributed by atoms with E-state index in [2.05, 4.69) is 26.0 Å². The predicted molar refractivity (Wildman–Crippen MR) is 156 cm³/mol. The molecule has 3 unspecified atom stereocenters. The molecule has 0 N–H and O–H groups in total. The van der Waals surface area contributed by atoms with Crippen molar-refractivity contribution < 1.29 is 42.6 Å². The van der Waals surface area contributed by atoms with Crippen LogP contribution in [-0.2, 0) is 42.6 Å². The molecule has 0 radical (unpaired) electrons. The third-order valence-electron chi connectivity index (χ3n) is 7.14. The summed E-state index contributed by atoms with van der Waals surface area (Å²) in [5.41, 5.74) is -1.47. The third-order valence-corrected chi connectivity index (χ3v) is 9.42. The number of carbonyl (C=O) groups is 3. The molecular formula is C26H32BBrClN3O9S. The fourth-order valence-corrected chi connectivity index (χ4v) is 6.37. The highest BCUT2D eigenvalue weighted by Gasteiger charge is 2.54. The molecule has 16 heteroatoms. The van der Waals surface area contributed by atoms with Gasteiger partial charge in [0.15, 0.2) is 12.2 Å². The molecular weight excluding hydrogens is 657 g/mol. The van der Waals surface area contributed by atoms with Crippen LogP contribution in [0.25, 0.3) is 0 Å². The summed E-state index contributed by atoms with van der Waals surface area (Å²) >= 11 is 10.8. The minimum absolute atomic E-state index is 0.242. The van der Waals surface area contributed by atoms with Crippen LogP contribution in [0.1, 0.15) is 54.5 Å². The molecule has 0 bridgehead atoms. The maximum atomic E-state index is 12.4. The van der Waals surface area contributed by atoms with E-state index < -0.39 is 66.0 Å². The topological polar surface area (TPSA) is 137 Å². The van der Waals surface area contributed by atoms with Gasteiger partial charge in [-0.2, -0.15) is 5.10 Å². The van der Waals surface area contributed by atoms with Crippen LogP contribution in [0.15, 0.2) is 34.2 Å². The summed E-state index contributed by atoms with van der Waals surface area (Å²) in [6, 6.07) is 0.766. The van der Waals surface area contributed by atoms with E-state index in [4.69, 9.17) is 39.9 Å². The predicted octanol–water partition coefficient (Wildman–Crippen LogP) is 3.48. The van der Waals surface area contributed by atoms with Crippen LogP contribution in [0.4, 0.5) is 0 Å². The van der Waals surface area contributed by atoms with Crippen LogP contribution >= 0.6 is 39.3 Å². The van der Waals surface area contributed by atoms with Crippen molar-refractivity contribution >= 4 is 69.8 Å². The van der Waals surface area contributed by atoms with Gasteiger partial charge in [0.05, 0.1) is 16.2 Å². The molecule has 2 saturated heterocycles. The summed E-state index contributed by atoms with van der Waals surface area (Å²) in [5, 5.41) is 4.94. The number of hydrogen-bond donors (Lipinski definition) is 0. The third kappa shape index (κ3) is 7.30. The first-order valence-electron chi connectivity index (χ1n) is 13.1. The fraction of sp³-hybridized carbons (Fsp3) is 0.577. The SMILES string of the molecule is CC(=O)OCC1O[C@H](Sc2cc(Cl)cnc2Br)C(OC(C)=O)C(n2cc(B3OC(C)(C)C(C)(C)O3)cn2)[C@H]1OC(C)=O. The number of pyridine rings is 1. The van der Waals surface area contributed by atoms with Gasteiger partial charge in [-0.05, 0) is 49.7 Å². The summed E-state index contributed by atoms with van der Waals surface area (Å²) in [6.45, 7) is 11.3. The Bertz CT molecular complexity index is 1330. The van der Waals surface area contributed by atoms with Crippen molar-refractivity contribution in [2.24, 2.45) is 0 Å². The fourth-order valence-electron chi connectivity index (χ4n) is 4.51. The van der Waals surface area contributed by atoms with Gasteiger partial charge in [-0.3, -0.25) is 19.1 Å². The quantitative estimate of drug-likeness (QED) is 0.174. The van der Waals surface area contributed by atoms with Gasteiger partial charge in [-0.15, -0.1) is 0 Å². The number of carbonyl (C=O) groups excluding carboxylic acids is 3. The van der Waals surface area contributed by atoms with Gasteiger partial charge in [0, 0.05) is 49.7 Å². The maximum Gasteiger partial charge on any atom is 0.498 e. The molecule has 0 saturated carbocycles. The Balaban J connectivity index is 1.78. The first-order chi connectivity index (χ1) is 19.6. The van der Waals surface area contributed by atoms with Crippen molar-refractivity contribution in [3.05, 3.63) is 34.3 Å². The van der Waals surface area contributed by atoms with Crippen molar-refractivity contribution in [3.63, 3.8) is 0 Å². The number of thioether (sulfide) groups is 1. The minimum atomic E-state index is -1.07. The molecule has 4 heterocycles. The number of rotatable bonds is 8. The highest BCUT2D eigenvalue weighted by atomic mass is 79.9. The Morgan fingerprint density at radius 3 is 2.26 bits per heavy atom. The van der Waals surface area contributed by atoms with E-state index >= 15 is 0 Å². The lowest BCUT2D eigenvalue weighted by molar-refractivity contribution is -0.212. The van der Waals surface area contributed by atoms with Gasteiger partial charge in [-0.25, -0.2) is 4.98 Å². The smallest absolute Gasteiger partial charge is 0.463 e. The zero-order chi connectivity index (χ0) is 31.0. The van der Waals surface area contributed by atoms with Gasteiger partial charge in [0.1, 0.15) is 28.8 Å². The highest BCUT2D eigenvalue weighted by Crippen LogP contribution is 2.43. The molecule has 4 rings (SSSR count). The van der Waals surface area contributed by atoms with E-state index in [0.717, 1.165) is 0 Å². The Kier molecular flexibility index (Phi) is 10.00. The van der Waals surface area contributed by atoms with Crippen molar-refractivity contribution in [1.29, 1.82) is 0 Å². The van der Waals surface area contributed by atoms with Crippen molar-refractivity contribution in [3.8, 4) is 0 Å². The molecule has 42 heavy (non-hydrogen) atoms. The molecule has 0 amide bonds. The largest absolute Gasteiger partial charge is 0.498 e. The van der Waals surface area contributed by atoms with Crippen LogP contribution in [0.3, 0.4) is 0 Å². The Hall–Kier alpha value is -2.17. The van der Waals surface area contributed by atoms with Gasteiger partial charge in [-0.1, -0.05) is 23.4 Å². The van der Waals surface area contributed by atoms with Gasteiger partial charge < -0.3 is 28.3 Å². The Morgan fingerprint density at radius 2 is 1.67 bits per heavy atom. The molecule has 2 aromatic heterocycles. The second-order valence-corrected chi connectivity index (χ2v) is 13.2. The van der Waals surface area contributed by atoms with Crippen LogP contribution in [0, 0.1) is 0 Å². The average Bonchev–Trinajstić information content (AvgIpc) is 3.43. The molecule has 12 nitrogen and oxygen atoms in total. The van der Waals surface area contributed by atoms with Crippen LogP contribution in [0.2, 0.25) is 5.02 Å². The summed E-state index contributed by atoms with van der Waals surface area (Å²) in [5.74, 6) is -1.76. The lowest BCUT2D eigenvalue weighted by atomic mass is 9.82. The Labute approximate surface area is 261 Å². The van der Waals surface area contributed by atoms with E-state index in [0.29, 0.717) is 20.0 Å². The highest BCUT2D eigenvalue weighted by molar-refractivity contribution is 9.10. The summed E-state index contributed by atoms with van der Waals surface area (Å²) in [6.07, 6.45) is 1.67. The monoisotopic (exact) mass is 687 g/mol. The molecule has 0 aliphatic carbocycles. The van der Waals surface area contributed by atoms with Crippen molar-refractivity contribution in [2.75, 3.05) is 6.61 Å². The maximum absolute atomic E-state index is 12.4. The van der Waals surface area contributed by atoms with Crippen molar-refractivity contribution in [2.45, 2.75) is 94.4 Å². The first-order valence-corrected chi connectivity index (χ1v) is 15.1. The van der Waals surface area contributed by atoms with E-state index in [9.17, 15) is 14.4 Å². The summed E-state index contributed by atoms with van der Waals surface area (Å²) < 4.78 is 37.6. The molecule has 0 spiro atoms. The molecule has 228 valence electrons. The van der Waals surface area contributed by atoms with E-state index in [1.165, 1.54) is 43.4 Å². The summed E-state index contributed by atoms with van der Waals surface area (Å²) in [7, 11) is -0.724. The number of halogens is 2. The van der Waals surface area contributed by atoms with E-state index in [1.807, 2.05) is 27.7 Å². The average molecular weight is 689 g/mol. The van der Waals surface area contributed by atoms with Crippen LogP contribution in [0.5, 0.6) is 0 Å².